The first-order valence-electron chi connectivity index (χ1n) is 4.72. The Kier molecular flexibility index (Phi) is 4.04. The van der Waals surface area contributed by atoms with E-state index in [1.54, 1.807) is 0 Å². The van der Waals surface area contributed by atoms with Gasteiger partial charge in [0.2, 0.25) is 0 Å². The summed E-state index contributed by atoms with van der Waals surface area (Å²) in [7, 11) is 0. The van der Waals surface area contributed by atoms with Crippen molar-refractivity contribution >= 4 is 0 Å². The van der Waals surface area contributed by atoms with E-state index in [2.05, 4.69) is 43.8 Å². The van der Waals surface area contributed by atoms with Gasteiger partial charge in [-0.2, -0.15) is 0 Å². The Balaban J connectivity index is 2.68. The summed E-state index contributed by atoms with van der Waals surface area (Å²) in [6.45, 7) is 5.95. The molecule has 68 valence electrons. The minimum absolute atomic E-state index is 0.998. The molecule has 0 nitrogen and oxygen atoms in total. The van der Waals surface area contributed by atoms with E-state index in [-0.39, 0.29) is 0 Å². The normalized spacial score (nSPS) is 11.3. The van der Waals surface area contributed by atoms with E-state index in [0.29, 0.717) is 0 Å². The molecule has 0 aliphatic rings. The van der Waals surface area contributed by atoms with Crippen LogP contribution in [0, 0.1) is 0 Å². The number of benzene rings is 1. The summed E-state index contributed by atoms with van der Waals surface area (Å²) in [4.78, 5) is 0. The van der Waals surface area contributed by atoms with Crippen molar-refractivity contribution in [1.29, 1.82) is 0 Å². The van der Waals surface area contributed by atoms with Gasteiger partial charge < -0.3 is 0 Å². The SMILES string of the molecule is C=C/C(=C\CC)Cc1ccccc1. The van der Waals surface area contributed by atoms with Gasteiger partial charge in [-0.25, -0.2) is 0 Å². The molecule has 1 rings (SSSR count). The van der Waals surface area contributed by atoms with E-state index in [4.69, 9.17) is 0 Å². The molecule has 0 amide bonds. The van der Waals surface area contributed by atoms with Gasteiger partial charge in [-0.1, -0.05) is 56.0 Å². The first kappa shape index (κ1) is 9.79. The Labute approximate surface area is 80.6 Å². The molecule has 1 aromatic carbocycles. The minimum atomic E-state index is 0.998. The Morgan fingerprint density at radius 1 is 1.31 bits per heavy atom. The van der Waals surface area contributed by atoms with Crippen molar-refractivity contribution in [2.45, 2.75) is 19.8 Å². The zero-order chi connectivity index (χ0) is 9.52. The van der Waals surface area contributed by atoms with E-state index in [1.165, 1.54) is 11.1 Å². The molecule has 0 aliphatic heterocycles. The first-order chi connectivity index (χ1) is 6.36. The van der Waals surface area contributed by atoms with Crippen LogP contribution in [0.5, 0.6) is 0 Å². The molecule has 0 spiro atoms. The smallest absolute Gasteiger partial charge is 0.00292 e. The fourth-order valence-electron chi connectivity index (χ4n) is 1.32. The highest BCUT2D eigenvalue weighted by molar-refractivity contribution is 5.27. The zero-order valence-corrected chi connectivity index (χ0v) is 8.16. The van der Waals surface area contributed by atoms with Crippen LogP contribution in [0.3, 0.4) is 0 Å². The van der Waals surface area contributed by atoms with Crippen LogP contribution in [0.15, 0.2) is 54.6 Å². The summed E-state index contributed by atoms with van der Waals surface area (Å²) in [6.07, 6.45) is 6.24. The van der Waals surface area contributed by atoms with Gasteiger partial charge in [-0.3, -0.25) is 0 Å². The lowest BCUT2D eigenvalue weighted by Crippen LogP contribution is -1.86. The lowest BCUT2D eigenvalue weighted by molar-refractivity contribution is 1.13. The van der Waals surface area contributed by atoms with Gasteiger partial charge in [0.25, 0.3) is 0 Å². The summed E-state index contributed by atoms with van der Waals surface area (Å²) in [5, 5.41) is 0. The Hall–Kier alpha value is -1.30. The van der Waals surface area contributed by atoms with Crippen molar-refractivity contribution < 1.29 is 0 Å². The molecule has 1 aromatic rings. The second-order valence-electron chi connectivity index (χ2n) is 3.05. The lowest BCUT2D eigenvalue weighted by Gasteiger charge is -2.01. The molecule has 0 fully saturated rings. The lowest BCUT2D eigenvalue weighted by atomic mass is 10.0. The maximum atomic E-state index is 3.81. The third-order valence-electron chi connectivity index (χ3n) is 1.98. The van der Waals surface area contributed by atoms with Crippen LogP contribution in [-0.4, -0.2) is 0 Å². The molecule has 0 heteroatoms. The van der Waals surface area contributed by atoms with E-state index in [9.17, 15) is 0 Å². The van der Waals surface area contributed by atoms with Crippen molar-refractivity contribution in [3.63, 3.8) is 0 Å². The predicted molar refractivity (Wildman–Crippen MR) is 58.7 cm³/mol. The van der Waals surface area contributed by atoms with Gasteiger partial charge in [0.1, 0.15) is 0 Å². The van der Waals surface area contributed by atoms with Crippen molar-refractivity contribution in [1.82, 2.24) is 0 Å². The van der Waals surface area contributed by atoms with E-state index >= 15 is 0 Å². The largest absolute Gasteiger partial charge is 0.0988 e. The molecule has 0 bridgehead atoms. The van der Waals surface area contributed by atoms with Gasteiger partial charge in [0, 0.05) is 0 Å². The molecule has 0 saturated heterocycles. The Morgan fingerprint density at radius 2 is 2.00 bits per heavy atom. The van der Waals surface area contributed by atoms with Gasteiger partial charge >= 0.3 is 0 Å². The van der Waals surface area contributed by atoms with Crippen molar-refractivity contribution in [3.05, 3.63) is 60.2 Å². The summed E-state index contributed by atoms with van der Waals surface area (Å²) in [5.74, 6) is 0. The van der Waals surface area contributed by atoms with Gasteiger partial charge in [-0.15, -0.1) is 0 Å². The summed E-state index contributed by atoms with van der Waals surface area (Å²) in [5.41, 5.74) is 2.66. The van der Waals surface area contributed by atoms with E-state index < -0.39 is 0 Å². The quantitative estimate of drug-likeness (QED) is 0.607. The number of allylic oxidation sites excluding steroid dienone is 3. The maximum Gasteiger partial charge on any atom is -0.00292 e. The highest BCUT2D eigenvalue weighted by Gasteiger charge is 1.93. The van der Waals surface area contributed by atoms with Crippen molar-refractivity contribution in [2.75, 3.05) is 0 Å². The van der Waals surface area contributed by atoms with Crippen LogP contribution in [0.1, 0.15) is 18.9 Å². The number of rotatable bonds is 4. The Bertz CT molecular complexity index is 280. The maximum absolute atomic E-state index is 3.81. The van der Waals surface area contributed by atoms with Crippen molar-refractivity contribution in [3.8, 4) is 0 Å². The topological polar surface area (TPSA) is 0 Å². The molecule has 0 atom stereocenters. The third kappa shape index (κ3) is 3.29. The molecule has 0 saturated carbocycles. The second-order valence-corrected chi connectivity index (χ2v) is 3.05. The van der Waals surface area contributed by atoms with Gasteiger partial charge in [-0.05, 0) is 24.0 Å². The molecule has 0 N–H and O–H groups in total. The van der Waals surface area contributed by atoms with Crippen LogP contribution in [0.2, 0.25) is 0 Å². The fourth-order valence-corrected chi connectivity index (χ4v) is 1.32. The molecule has 0 aliphatic carbocycles. The van der Waals surface area contributed by atoms with Crippen LogP contribution < -0.4 is 0 Å². The molecule has 0 radical (unpaired) electrons. The summed E-state index contributed by atoms with van der Waals surface area (Å²) in [6, 6.07) is 10.5. The monoisotopic (exact) mass is 172 g/mol. The minimum Gasteiger partial charge on any atom is -0.0988 e. The van der Waals surface area contributed by atoms with Crippen LogP contribution in [0.4, 0.5) is 0 Å². The summed E-state index contributed by atoms with van der Waals surface area (Å²) < 4.78 is 0. The zero-order valence-electron chi connectivity index (χ0n) is 8.16. The van der Waals surface area contributed by atoms with Gasteiger partial charge in [0.15, 0.2) is 0 Å². The summed E-state index contributed by atoms with van der Waals surface area (Å²) >= 11 is 0. The molecule has 0 heterocycles. The molecule has 13 heavy (non-hydrogen) atoms. The molecular formula is C13H16. The van der Waals surface area contributed by atoms with E-state index in [0.717, 1.165) is 12.8 Å². The van der Waals surface area contributed by atoms with Crippen molar-refractivity contribution in [2.24, 2.45) is 0 Å². The predicted octanol–water partition coefficient (Wildman–Crippen LogP) is 3.75. The van der Waals surface area contributed by atoms with Crippen LogP contribution in [0.25, 0.3) is 0 Å². The average Bonchev–Trinajstić information content (AvgIpc) is 2.19. The third-order valence-corrected chi connectivity index (χ3v) is 1.98. The second kappa shape index (κ2) is 5.36. The highest BCUT2D eigenvalue weighted by atomic mass is 14.0. The van der Waals surface area contributed by atoms with Crippen LogP contribution in [-0.2, 0) is 6.42 Å². The average molecular weight is 172 g/mol. The van der Waals surface area contributed by atoms with Crippen LogP contribution >= 0.6 is 0 Å². The standard InChI is InChI=1S/C13H16/c1-3-8-12(4-2)11-13-9-6-5-7-10-13/h4-10H,2-3,11H2,1H3/b12-8+. The number of hydrogen-bond donors (Lipinski definition) is 0. The highest BCUT2D eigenvalue weighted by Crippen LogP contribution is 2.08. The molecular weight excluding hydrogens is 156 g/mol. The molecule has 0 unspecified atom stereocenters. The fraction of sp³-hybridized carbons (Fsp3) is 0.231. The number of hydrogen-bond acceptors (Lipinski definition) is 0. The first-order valence-corrected chi connectivity index (χ1v) is 4.72. The van der Waals surface area contributed by atoms with E-state index in [1.807, 2.05) is 12.1 Å². The van der Waals surface area contributed by atoms with Gasteiger partial charge in [0.05, 0.1) is 0 Å². The molecule has 0 aromatic heterocycles. The Morgan fingerprint density at radius 3 is 2.54 bits per heavy atom.